The van der Waals surface area contributed by atoms with Gasteiger partial charge in [0.1, 0.15) is 5.75 Å². The Bertz CT molecular complexity index is 1180. The molecule has 7 nitrogen and oxygen atoms in total. The fraction of sp³-hybridized carbons (Fsp3) is 0.292. The monoisotopic (exact) mass is 486 g/mol. The first-order valence-electron chi connectivity index (χ1n) is 10.5. The summed E-state index contributed by atoms with van der Waals surface area (Å²) in [5, 5.41) is 7.68. The number of carbonyl (C=O) groups is 1. The van der Waals surface area contributed by atoms with Crippen molar-refractivity contribution < 1.29 is 9.53 Å². The molecule has 0 unspecified atom stereocenters. The second kappa shape index (κ2) is 11.9. The number of benzene rings is 2. The van der Waals surface area contributed by atoms with Crippen molar-refractivity contribution in [3.05, 3.63) is 86.3 Å². The Morgan fingerprint density at radius 3 is 2.79 bits per heavy atom. The molecule has 1 heterocycles. The number of halogens is 1. The van der Waals surface area contributed by atoms with Gasteiger partial charge in [0.05, 0.1) is 26.3 Å². The molecule has 0 radical (unpaired) electrons. The van der Waals surface area contributed by atoms with Crippen LogP contribution < -0.4 is 21.3 Å². The van der Waals surface area contributed by atoms with Gasteiger partial charge in [-0.25, -0.2) is 4.68 Å². The lowest BCUT2D eigenvalue weighted by Crippen LogP contribution is -2.32. The van der Waals surface area contributed by atoms with E-state index in [2.05, 4.69) is 10.4 Å². The minimum Gasteiger partial charge on any atom is -0.496 e. The van der Waals surface area contributed by atoms with Crippen LogP contribution in [0, 0.1) is 6.92 Å². The molecule has 174 valence electrons. The molecule has 2 aromatic carbocycles. The summed E-state index contributed by atoms with van der Waals surface area (Å²) in [6.07, 6.45) is 1.60. The molecular formula is C24H27ClN4O3S. The van der Waals surface area contributed by atoms with Crippen LogP contribution in [0.5, 0.6) is 5.75 Å². The molecule has 0 aliphatic carbocycles. The topological polar surface area (TPSA) is 99.2 Å². The summed E-state index contributed by atoms with van der Waals surface area (Å²) in [6.45, 7) is 2.84. The van der Waals surface area contributed by atoms with Gasteiger partial charge < -0.3 is 15.8 Å². The van der Waals surface area contributed by atoms with Gasteiger partial charge in [0.2, 0.25) is 5.91 Å². The number of aromatic nitrogens is 2. The number of methoxy groups -OCH3 is 1. The highest BCUT2D eigenvalue weighted by Crippen LogP contribution is 2.28. The van der Waals surface area contributed by atoms with Gasteiger partial charge in [0.25, 0.3) is 5.56 Å². The number of hydrogen-bond donors (Lipinski definition) is 2. The van der Waals surface area contributed by atoms with Gasteiger partial charge in [-0.2, -0.15) is 5.10 Å². The van der Waals surface area contributed by atoms with E-state index in [4.69, 9.17) is 22.1 Å². The van der Waals surface area contributed by atoms with Gasteiger partial charge >= 0.3 is 0 Å². The van der Waals surface area contributed by atoms with E-state index in [1.54, 1.807) is 44.1 Å². The van der Waals surface area contributed by atoms with Crippen molar-refractivity contribution in [2.24, 2.45) is 5.73 Å². The van der Waals surface area contributed by atoms with Crippen molar-refractivity contribution in [3.63, 3.8) is 0 Å². The molecule has 0 bridgehead atoms. The number of aryl methyl sites for hydroxylation is 2. The maximum absolute atomic E-state index is 13.0. The fourth-order valence-corrected chi connectivity index (χ4v) is 4.49. The quantitative estimate of drug-likeness (QED) is 0.426. The van der Waals surface area contributed by atoms with Gasteiger partial charge in [-0.1, -0.05) is 29.8 Å². The standard InChI is InChI=1S/C24H27ClN4O3S/c1-16-14-28-29(9-10-33-22-6-4-3-5-21(22)32-2)24(31)20(16)12-23(30)27-15-18-11-19(25)8-7-17(18)13-26/h3-8,11,14H,9-10,12-13,15,26H2,1-2H3,(H,27,30). The lowest BCUT2D eigenvalue weighted by molar-refractivity contribution is -0.120. The van der Waals surface area contributed by atoms with Crippen LogP contribution in [0.15, 0.2) is 58.4 Å². The highest BCUT2D eigenvalue weighted by atomic mass is 35.5. The molecule has 3 aromatic rings. The first-order chi connectivity index (χ1) is 15.9. The zero-order chi connectivity index (χ0) is 23.8. The molecule has 3 N–H and O–H groups in total. The molecule has 0 spiro atoms. The minimum atomic E-state index is -0.254. The van der Waals surface area contributed by atoms with Crippen LogP contribution in [0.4, 0.5) is 0 Å². The Morgan fingerprint density at radius 1 is 1.24 bits per heavy atom. The van der Waals surface area contributed by atoms with E-state index in [9.17, 15) is 9.59 Å². The van der Waals surface area contributed by atoms with Gasteiger partial charge in [-0.3, -0.25) is 9.59 Å². The van der Waals surface area contributed by atoms with Gasteiger partial charge in [-0.05, 0) is 47.9 Å². The summed E-state index contributed by atoms with van der Waals surface area (Å²) < 4.78 is 6.77. The number of carbonyl (C=O) groups excluding carboxylic acids is 1. The van der Waals surface area contributed by atoms with Crippen LogP contribution in [0.3, 0.4) is 0 Å². The average Bonchev–Trinajstić information content (AvgIpc) is 2.82. The molecule has 0 saturated carbocycles. The normalized spacial score (nSPS) is 10.8. The predicted molar refractivity (Wildman–Crippen MR) is 132 cm³/mol. The number of para-hydroxylation sites is 1. The van der Waals surface area contributed by atoms with Crippen LogP contribution in [0.1, 0.15) is 22.3 Å². The summed E-state index contributed by atoms with van der Waals surface area (Å²) in [6, 6.07) is 13.1. The Hall–Kier alpha value is -2.81. The van der Waals surface area contributed by atoms with Crippen molar-refractivity contribution >= 4 is 29.3 Å². The molecule has 3 rings (SSSR count). The van der Waals surface area contributed by atoms with E-state index in [0.29, 0.717) is 41.5 Å². The number of ether oxygens (including phenoxy) is 1. The maximum Gasteiger partial charge on any atom is 0.270 e. The molecule has 0 fully saturated rings. The molecular weight excluding hydrogens is 460 g/mol. The highest BCUT2D eigenvalue weighted by molar-refractivity contribution is 7.99. The molecule has 9 heteroatoms. The van der Waals surface area contributed by atoms with Crippen molar-refractivity contribution in [1.82, 2.24) is 15.1 Å². The maximum atomic E-state index is 13.0. The van der Waals surface area contributed by atoms with E-state index in [-0.39, 0.29) is 17.9 Å². The third-order valence-electron chi connectivity index (χ3n) is 5.19. The van der Waals surface area contributed by atoms with Gasteiger partial charge in [-0.15, -0.1) is 11.8 Å². The summed E-state index contributed by atoms with van der Waals surface area (Å²) >= 11 is 7.65. The number of amides is 1. The van der Waals surface area contributed by atoms with Crippen LogP contribution in [0.2, 0.25) is 5.02 Å². The SMILES string of the molecule is COc1ccccc1SCCn1ncc(C)c(CC(=O)NCc2cc(Cl)ccc2CN)c1=O. The summed E-state index contributed by atoms with van der Waals surface area (Å²) in [4.78, 5) is 26.6. The lowest BCUT2D eigenvalue weighted by atomic mass is 10.1. The van der Waals surface area contributed by atoms with Crippen LogP contribution in [-0.2, 0) is 30.8 Å². The second-order valence-corrected chi connectivity index (χ2v) is 8.98. The zero-order valence-corrected chi connectivity index (χ0v) is 20.2. The smallest absolute Gasteiger partial charge is 0.270 e. The minimum absolute atomic E-state index is 0.0225. The number of nitrogens with one attached hydrogen (secondary N) is 1. The molecule has 1 amide bonds. The van der Waals surface area contributed by atoms with Gasteiger partial charge in [0, 0.05) is 34.3 Å². The lowest BCUT2D eigenvalue weighted by Gasteiger charge is -2.12. The highest BCUT2D eigenvalue weighted by Gasteiger charge is 2.14. The van der Waals surface area contributed by atoms with Crippen LogP contribution in [-0.4, -0.2) is 28.6 Å². The molecule has 1 aromatic heterocycles. The van der Waals surface area contributed by atoms with E-state index in [1.165, 1.54) is 4.68 Å². The number of nitrogens with two attached hydrogens (primary N) is 1. The van der Waals surface area contributed by atoms with E-state index in [1.807, 2.05) is 30.3 Å². The van der Waals surface area contributed by atoms with E-state index in [0.717, 1.165) is 21.8 Å². The molecule has 33 heavy (non-hydrogen) atoms. The first kappa shape index (κ1) is 24.8. The number of rotatable bonds is 10. The Labute approximate surface area is 202 Å². The largest absolute Gasteiger partial charge is 0.496 e. The number of nitrogens with zero attached hydrogens (tertiary/aromatic N) is 2. The first-order valence-corrected chi connectivity index (χ1v) is 11.8. The van der Waals surface area contributed by atoms with Crippen molar-refractivity contribution in [3.8, 4) is 5.75 Å². The average molecular weight is 487 g/mol. The van der Waals surface area contributed by atoms with Crippen LogP contribution in [0.25, 0.3) is 0 Å². The Kier molecular flexibility index (Phi) is 8.94. The summed E-state index contributed by atoms with van der Waals surface area (Å²) in [5.74, 6) is 1.18. The van der Waals surface area contributed by atoms with Crippen molar-refractivity contribution in [1.29, 1.82) is 0 Å². The number of hydrogen-bond acceptors (Lipinski definition) is 6. The molecule has 0 aliphatic heterocycles. The second-order valence-electron chi connectivity index (χ2n) is 7.40. The summed E-state index contributed by atoms with van der Waals surface area (Å²) in [5.41, 5.74) is 8.41. The Morgan fingerprint density at radius 2 is 2.03 bits per heavy atom. The third kappa shape index (κ3) is 6.60. The molecule has 0 saturated heterocycles. The predicted octanol–water partition coefficient (Wildman–Crippen LogP) is 3.32. The fourth-order valence-electron chi connectivity index (χ4n) is 3.34. The zero-order valence-electron chi connectivity index (χ0n) is 18.6. The van der Waals surface area contributed by atoms with Crippen molar-refractivity contribution in [2.75, 3.05) is 12.9 Å². The molecule has 0 atom stereocenters. The number of thioether (sulfide) groups is 1. The van der Waals surface area contributed by atoms with E-state index < -0.39 is 0 Å². The summed E-state index contributed by atoms with van der Waals surface area (Å²) in [7, 11) is 1.63. The third-order valence-corrected chi connectivity index (χ3v) is 6.46. The van der Waals surface area contributed by atoms with Crippen LogP contribution >= 0.6 is 23.4 Å². The molecule has 0 aliphatic rings. The van der Waals surface area contributed by atoms with Gasteiger partial charge in [0.15, 0.2) is 0 Å². The Balaban J connectivity index is 1.64. The van der Waals surface area contributed by atoms with Crippen molar-refractivity contribution in [2.45, 2.75) is 37.9 Å². The van der Waals surface area contributed by atoms with E-state index >= 15 is 0 Å².